The summed E-state index contributed by atoms with van der Waals surface area (Å²) in [6, 6.07) is 15.5. The molecule has 0 aliphatic carbocycles. The highest BCUT2D eigenvalue weighted by Crippen LogP contribution is 2.37. The quantitative estimate of drug-likeness (QED) is 0.317. The van der Waals surface area contributed by atoms with Crippen LogP contribution < -0.4 is 21.7 Å². The van der Waals surface area contributed by atoms with Gasteiger partial charge >= 0.3 is 0 Å². The van der Waals surface area contributed by atoms with Gasteiger partial charge in [-0.25, -0.2) is 0 Å². The number of hydrogen-bond donors (Lipinski definition) is 4. The maximum Gasteiger partial charge on any atom is 0.256 e. The largest absolute Gasteiger partial charge is 0.385 e. The van der Waals surface area contributed by atoms with Gasteiger partial charge in [-0.3, -0.25) is 14.6 Å². The second-order valence-corrected chi connectivity index (χ2v) is 7.63. The molecule has 2 amide bonds. The van der Waals surface area contributed by atoms with Gasteiger partial charge in [-0.2, -0.15) is 0 Å². The molecule has 7 heteroatoms. The maximum absolute atomic E-state index is 12.5. The van der Waals surface area contributed by atoms with Crippen LogP contribution in [-0.4, -0.2) is 23.3 Å². The number of nitrogens with zero attached hydrogens (tertiary/aromatic N) is 1. The molecule has 0 saturated carbocycles. The van der Waals surface area contributed by atoms with Crippen molar-refractivity contribution >= 4 is 45.4 Å². The number of nitrogens with two attached hydrogens (primary N) is 1. The molecule has 3 aromatic rings. The van der Waals surface area contributed by atoms with Gasteiger partial charge in [0.25, 0.3) is 5.91 Å². The second-order valence-electron chi connectivity index (χ2n) is 7.63. The molecule has 5 N–H and O–H groups in total. The van der Waals surface area contributed by atoms with Gasteiger partial charge in [-0.1, -0.05) is 12.1 Å². The molecule has 1 aliphatic rings. The van der Waals surface area contributed by atoms with Gasteiger partial charge in [0.15, 0.2) is 0 Å². The van der Waals surface area contributed by atoms with E-state index in [4.69, 9.17) is 5.73 Å². The number of unbranched alkanes of at least 4 members (excludes halogenated alkanes) is 1. The van der Waals surface area contributed by atoms with Gasteiger partial charge in [0.2, 0.25) is 5.91 Å². The zero-order chi connectivity index (χ0) is 22.5. The Morgan fingerprint density at radius 2 is 1.91 bits per heavy atom. The number of carbonyl (C=O) groups excluding carboxylic acids is 2. The number of aromatic nitrogens is 1. The van der Waals surface area contributed by atoms with Crippen molar-refractivity contribution in [3.05, 3.63) is 78.1 Å². The van der Waals surface area contributed by atoms with Crippen molar-refractivity contribution < 1.29 is 9.59 Å². The normalized spacial score (nSPS) is 14.3. The van der Waals surface area contributed by atoms with Gasteiger partial charge < -0.3 is 21.7 Å². The Labute approximate surface area is 186 Å². The van der Waals surface area contributed by atoms with Crippen LogP contribution in [0.4, 0.5) is 17.1 Å². The SMILES string of the molecule is C/C(=C/C(N)=O)Nc1ccc(NCCCC=C2C(=O)Nc3ccc4ncccc4c32)cc1. The van der Waals surface area contributed by atoms with E-state index in [0.717, 1.165) is 52.9 Å². The summed E-state index contributed by atoms with van der Waals surface area (Å²) in [4.78, 5) is 27.8. The van der Waals surface area contributed by atoms with Gasteiger partial charge in [0, 0.05) is 58.1 Å². The molecule has 7 nitrogen and oxygen atoms in total. The Kier molecular flexibility index (Phi) is 6.17. The minimum Gasteiger partial charge on any atom is -0.385 e. The molecular weight excluding hydrogens is 402 g/mol. The van der Waals surface area contributed by atoms with Crippen LogP contribution in [0.2, 0.25) is 0 Å². The summed E-state index contributed by atoms with van der Waals surface area (Å²) in [5, 5.41) is 10.4. The molecule has 1 aromatic heterocycles. The number of allylic oxidation sites excluding steroid dienone is 2. The minimum absolute atomic E-state index is 0.0620. The number of fused-ring (bicyclic) bond motifs is 3. The molecule has 0 fully saturated rings. The fraction of sp³-hybridized carbons (Fsp3) is 0.160. The van der Waals surface area contributed by atoms with Crippen molar-refractivity contribution in [3.8, 4) is 0 Å². The zero-order valence-electron chi connectivity index (χ0n) is 17.8. The van der Waals surface area contributed by atoms with E-state index in [0.29, 0.717) is 11.3 Å². The lowest BCUT2D eigenvalue weighted by atomic mass is 10.0. The van der Waals surface area contributed by atoms with Crippen molar-refractivity contribution in [1.29, 1.82) is 0 Å². The van der Waals surface area contributed by atoms with Crippen LogP contribution in [-0.2, 0) is 9.59 Å². The second kappa shape index (κ2) is 9.34. The number of hydrogen-bond acceptors (Lipinski definition) is 5. The molecule has 162 valence electrons. The molecule has 32 heavy (non-hydrogen) atoms. The first-order valence-electron chi connectivity index (χ1n) is 10.5. The molecule has 2 aromatic carbocycles. The first-order valence-corrected chi connectivity index (χ1v) is 10.5. The fourth-order valence-corrected chi connectivity index (χ4v) is 3.77. The predicted octanol–water partition coefficient (Wildman–Crippen LogP) is 4.26. The maximum atomic E-state index is 12.5. The van der Waals surface area contributed by atoms with Crippen molar-refractivity contribution in [1.82, 2.24) is 4.98 Å². The fourth-order valence-electron chi connectivity index (χ4n) is 3.77. The van der Waals surface area contributed by atoms with Crippen LogP contribution in [0.3, 0.4) is 0 Å². The minimum atomic E-state index is -0.480. The van der Waals surface area contributed by atoms with E-state index in [9.17, 15) is 9.59 Å². The number of carbonyl (C=O) groups is 2. The van der Waals surface area contributed by atoms with E-state index >= 15 is 0 Å². The number of benzene rings is 2. The average molecular weight is 428 g/mol. The van der Waals surface area contributed by atoms with Crippen molar-refractivity contribution in [2.45, 2.75) is 19.8 Å². The molecule has 1 aliphatic heterocycles. The van der Waals surface area contributed by atoms with E-state index in [1.165, 1.54) is 6.08 Å². The summed E-state index contributed by atoms with van der Waals surface area (Å²) in [5.41, 5.74) is 11.1. The third-order valence-electron chi connectivity index (χ3n) is 5.19. The van der Waals surface area contributed by atoms with Crippen molar-refractivity contribution in [2.75, 3.05) is 22.5 Å². The highest BCUT2D eigenvalue weighted by atomic mass is 16.2. The summed E-state index contributed by atoms with van der Waals surface area (Å²) < 4.78 is 0. The van der Waals surface area contributed by atoms with Crippen molar-refractivity contribution in [3.63, 3.8) is 0 Å². The van der Waals surface area contributed by atoms with Crippen LogP contribution in [0.25, 0.3) is 16.5 Å². The topological polar surface area (TPSA) is 109 Å². The molecule has 0 unspecified atom stereocenters. The zero-order valence-corrected chi connectivity index (χ0v) is 17.8. The van der Waals surface area contributed by atoms with Gasteiger partial charge in [0.05, 0.1) is 5.52 Å². The van der Waals surface area contributed by atoms with Crippen molar-refractivity contribution in [2.24, 2.45) is 5.73 Å². The standard InChI is InChI=1S/C25H25N5O2/c1-16(15-23(26)31)29-18-9-7-17(8-10-18)27-13-3-2-5-20-24-19-6-4-14-28-21(19)11-12-22(24)30-25(20)32/h4-12,14-15,27,29H,2-3,13H2,1H3,(H2,26,31)(H,30,32)/b16-15-,20-5?. The number of primary amides is 1. The number of pyridine rings is 1. The molecule has 0 saturated heterocycles. The molecule has 0 spiro atoms. The van der Waals surface area contributed by atoms with Gasteiger partial charge in [-0.05, 0) is 62.2 Å². The van der Waals surface area contributed by atoms with E-state index in [1.54, 1.807) is 13.1 Å². The molecular formula is C25H25N5O2. The Morgan fingerprint density at radius 3 is 2.69 bits per heavy atom. The first-order chi connectivity index (χ1) is 15.5. The smallest absolute Gasteiger partial charge is 0.256 e. The number of amides is 2. The molecule has 0 radical (unpaired) electrons. The summed E-state index contributed by atoms with van der Waals surface area (Å²) in [7, 11) is 0. The lowest BCUT2D eigenvalue weighted by Gasteiger charge is -2.09. The molecule has 0 atom stereocenters. The number of rotatable bonds is 8. The number of anilines is 3. The van der Waals surface area contributed by atoms with Crippen LogP contribution in [0.15, 0.2) is 72.6 Å². The Balaban J connectivity index is 1.33. The summed E-state index contributed by atoms with van der Waals surface area (Å²) in [6.45, 7) is 2.57. The van der Waals surface area contributed by atoms with Gasteiger partial charge in [0.1, 0.15) is 0 Å². The highest BCUT2D eigenvalue weighted by Gasteiger charge is 2.25. The van der Waals surface area contributed by atoms with E-state index < -0.39 is 5.91 Å². The Bertz CT molecular complexity index is 1230. The van der Waals surface area contributed by atoms with E-state index in [1.807, 2.05) is 54.6 Å². The summed E-state index contributed by atoms with van der Waals surface area (Å²) >= 11 is 0. The van der Waals surface area contributed by atoms with Gasteiger partial charge in [-0.15, -0.1) is 0 Å². The lowest BCUT2D eigenvalue weighted by molar-refractivity contribution is -0.113. The third-order valence-corrected chi connectivity index (χ3v) is 5.19. The lowest BCUT2D eigenvalue weighted by Crippen LogP contribution is -2.09. The summed E-state index contributed by atoms with van der Waals surface area (Å²) in [6.07, 6.45) is 6.78. The molecule has 2 heterocycles. The molecule has 4 rings (SSSR count). The highest BCUT2D eigenvalue weighted by molar-refractivity contribution is 6.34. The van der Waals surface area contributed by atoms with Crippen LogP contribution in [0, 0.1) is 0 Å². The third kappa shape index (κ3) is 4.78. The van der Waals surface area contributed by atoms with E-state index in [-0.39, 0.29) is 5.91 Å². The first kappa shape index (κ1) is 21.1. The predicted molar refractivity (Wildman–Crippen MR) is 129 cm³/mol. The van der Waals surface area contributed by atoms with Crippen LogP contribution >= 0.6 is 0 Å². The number of nitrogens with one attached hydrogen (secondary N) is 3. The van der Waals surface area contributed by atoms with Crippen LogP contribution in [0.1, 0.15) is 25.3 Å². The van der Waals surface area contributed by atoms with E-state index in [2.05, 4.69) is 20.9 Å². The average Bonchev–Trinajstić information content (AvgIpc) is 3.09. The van der Waals surface area contributed by atoms with Crippen LogP contribution in [0.5, 0.6) is 0 Å². The monoisotopic (exact) mass is 427 g/mol. The Hall–Kier alpha value is -4.13. The molecule has 0 bridgehead atoms. The Morgan fingerprint density at radius 1 is 1.12 bits per heavy atom. The summed E-state index contributed by atoms with van der Waals surface area (Å²) in [5.74, 6) is -0.542.